The molecule has 0 unspecified atom stereocenters. The number of aliphatic hydroxyl groups excluding tert-OH is 1. The quantitative estimate of drug-likeness (QED) is 0.114. The molecular weight excluding hydrogens is 761 g/mol. The van der Waals surface area contributed by atoms with Crippen molar-refractivity contribution in [3.8, 4) is 0 Å². The van der Waals surface area contributed by atoms with Gasteiger partial charge in [-0.25, -0.2) is 19.4 Å². The lowest BCUT2D eigenvalue weighted by Crippen LogP contribution is -2.45. The average molecular weight is 803 g/mol. The van der Waals surface area contributed by atoms with E-state index in [2.05, 4.69) is 36.0 Å². The van der Waals surface area contributed by atoms with Crippen LogP contribution < -0.4 is 26.2 Å². The fourth-order valence-electron chi connectivity index (χ4n) is 7.34. The number of amides is 3. The minimum Gasteiger partial charge on any atom is -0.453 e. The number of alkyl halides is 3. The molecule has 58 heavy (non-hydrogen) atoms. The summed E-state index contributed by atoms with van der Waals surface area (Å²) in [4.78, 5) is 57.5. The van der Waals surface area contributed by atoms with Crippen molar-refractivity contribution in [2.75, 3.05) is 37.0 Å². The van der Waals surface area contributed by atoms with Gasteiger partial charge >= 0.3 is 24.3 Å². The molecule has 0 radical (unpaired) electrons. The first-order valence-electron chi connectivity index (χ1n) is 18.6. The number of carbonyl (C=O) groups excluding carboxylic acids is 3. The lowest BCUT2D eigenvalue weighted by Gasteiger charge is -2.25. The second kappa shape index (κ2) is 17.3. The van der Waals surface area contributed by atoms with Gasteiger partial charge in [-0.2, -0.15) is 23.1 Å². The Labute approximate surface area is 330 Å². The molecule has 1 saturated heterocycles. The van der Waals surface area contributed by atoms with Crippen LogP contribution in [0.4, 0.5) is 34.5 Å². The van der Waals surface area contributed by atoms with E-state index in [9.17, 15) is 32.7 Å². The zero-order valence-electron chi connectivity index (χ0n) is 31.2. The molecular formula is C39H41F3N10O6. The van der Waals surface area contributed by atoms with Gasteiger partial charge in [0.1, 0.15) is 6.10 Å². The van der Waals surface area contributed by atoms with Gasteiger partial charge in [0.2, 0.25) is 5.95 Å². The van der Waals surface area contributed by atoms with Crippen LogP contribution in [0.1, 0.15) is 41.6 Å². The molecule has 0 bridgehead atoms. The van der Waals surface area contributed by atoms with Crippen LogP contribution in [0.5, 0.6) is 0 Å². The summed E-state index contributed by atoms with van der Waals surface area (Å²) in [6, 6.07) is 22.2. The summed E-state index contributed by atoms with van der Waals surface area (Å²) in [6.07, 6.45) is -6.47. The molecule has 4 heterocycles. The smallest absolute Gasteiger partial charge is 0.453 e. The first-order valence-corrected chi connectivity index (χ1v) is 18.6. The molecule has 3 amide bonds. The normalized spacial score (nSPS) is 20.5. The van der Waals surface area contributed by atoms with Crippen LogP contribution in [0.3, 0.4) is 0 Å². The number of hydrogen-bond acceptors (Lipinski definition) is 12. The first-order chi connectivity index (χ1) is 28.0. The van der Waals surface area contributed by atoms with E-state index < -0.39 is 42.5 Å². The number of aromatic nitrogens is 5. The van der Waals surface area contributed by atoms with Crippen molar-refractivity contribution in [2.24, 2.45) is 0 Å². The third kappa shape index (κ3) is 9.04. The first kappa shape index (κ1) is 39.7. The number of alkyl carbamates (subject to hydrolysis) is 1. The summed E-state index contributed by atoms with van der Waals surface area (Å²) in [6.45, 7) is 1.36. The van der Waals surface area contributed by atoms with Gasteiger partial charge in [-0.3, -0.25) is 4.98 Å². The molecule has 1 aliphatic carbocycles. The highest BCUT2D eigenvalue weighted by atomic mass is 19.4. The Morgan fingerprint density at radius 2 is 1.66 bits per heavy atom. The van der Waals surface area contributed by atoms with Crippen molar-refractivity contribution in [1.82, 2.24) is 40.5 Å². The van der Waals surface area contributed by atoms with Gasteiger partial charge in [-0.05, 0) is 36.1 Å². The molecule has 3 aromatic heterocycles. The molecule has 304 valence electrons. The molecule has 5 N–H and O–H groups in total. The molecule has 0 spiro atoms. The number of halogens is 3. The van der Waals surface area contributed by atoms with Crippen molar-refractivity contribution in [3.63, 3.8) is 0 Å². The fraction of sp³-hybridized carbons (Fsp3) is 0.359. The molecule has 1 aliphatic heterocycles. The number of nitrogens with zero attached hydrogens (tertiary/aromatic N) is 6. The minimum absolute atomic E-state index is 0.135. The molecule has 19 heteroatoms. The van der Waals surface area contributed by atoms with E-state index >= 15 is 0 Å². The summed E-state index contributed by atoms with van der Waals surface area (Å²) in [5.41, 5.74) is 3.18. The summed E-state index contributed by atoms with van der Waals surface area (Å²) in [7, 11) is 1.10. The summed E-state index contributed by atoms with van der Waals surface area (Å²) in [5.74, 6) is -2.09. The lowest BCUT2D eigenvalue weighted by atomic mass is 9.91. The average Bonchev–Trinajstić information content (AvgIpc) is 3.95. The van der Waals surface area contributed by atoms with Gasteiger partial charge in [-0.1, -0.05) is 66.7 Å². The van der Waals surface area contributed by atoms with Gasteiger partial charge in [0.15, 0.2) is 23.1 Å². The molecule has 7 rings (SSSR count). The zero-order valence-corrected chi connectivity index (χ0v) is 31.2. The van der Waals surface area contributed by atoms with Crippen LogP contribution in [-0.4, -0.2) is 105 Å². The van der Waals surface area contributed by atoms with Crippen LogP contribution in [0.25, 0.3) is 11.2 Å². The monoisotopic (exact) mass is 802 g/mol. The number of pyridine rings is 1. The highest BCUT2D eigenvalue weighted by Crippen LogP contribution is 2.38. The number of hydrogen-bond donors (Lipinski definition) is 5. The van der Waals surface area contributed by atoms with E-state index in [0.29, 0.717) is 37.6 Å². The molecule has 5 aromatic rings. The van der Waals surface area contributed by atoms with Crippen molar-refractivity contribution in [1.29, 1.82) is 0 Å². The Morgan fingerprint density at radius 3 is 2.31 bits per heavy atom. The fourth-order valence-corrected chi connectivity index (χ4v) is 7.34. The predicted molar refractivity (Wildman–Crippen MR) is 204 cm³/mol. The van der Waals surface area contributed by atoms with Crippen molar-refractivity contribution in [3.05, 3.63) is 108 Å². The van der Waals surface area contributed by atoms with Crippen LogP contribution >= 0.6 is 0 Å². The Hall–Kier alpha value is -6.50. The zero-order chi connectivity index (χ0) is 40.8. The third-order valence-electron chi connectivity index (χ3n) is 10.2. The number of fused-ring (bicyclic) bond motifs is 1. The molecule has 1 saturated carbocycles. The Morgan fingerprint density at radius 1 is 0.948 bits per heavy atom. The second-order valence-electron chi connectivity index (χ2n) is 13.9. The van der Waals surface area contributed by atoms with Crippen molar-refractivity contribution >= 4 is 41.0 Å². The lowest BCUT2D eigenvalue weighted by molar-refractivity contribution is -0.209. The number of anilines is 2. The number of nitrogens with one attached hydrogen (secondary N) is 4. The summed E-state index contributed by atoms with van der Waals surface area (Å²) >= 11 is 0. The second-order valence-corrected chi connectivity index (χ2v) is 13.9. The maximum Gasteiger partial charge on any atom is 0.490 e. The maximum atomic E-state index is 13.5. The van der Waals surface area contributed by atoms with E-state index in [-0.39, 0.29) is 48.1 Å². The number of methoxy groups -OCH3 is 1. The van der Waals surface area contributed by atoms with E-state index in [1.54, 1.807) is 18.3 Å². The Balaban J connectivity index is 1.21. The van der Waals surface area contributed by atoms with E-state index in [0.717, 1.165) is 18.2 Å². The number of urea groups is 1. The highest BCUT2D eigenvalue weighted by molar-refractivity contribution is 5.85. The number of aliphatic hydroxyl groups is 1. The number of esters is 1. The van der Waals surface area contributed by atoms with Gasteiger partial charge in [0.05, 0.1) is 37.8 Å². The minimum atomic E-state index is -5.36. The molecule has 2 aliphatic rings. The van der Waals surface area contributed by atoms with E-state index in [1.165, 1.54) is 10.9 Å². The van der Waals surface area contributed by atoms with Crippen LogP contribution in [0, 0.1) is 0 Å². The SMILES string of the molecule is COC(=O)N[C@H]1C[C@@H](n2cnc3c(NCC(c4ccccc4)c4ccccc4)nc(N4CC[C@@H](NC(=O)NCc5ccccn5)C4)nc32)[C@H](OC(=O)C(F)(F)F)[C@@H]1O. The van der Waals surface area contributed by atoms with Gasteiger partial charge in [-0.15, -0.1) is 0 Å². The van der Waals surface area contributed by atoms with Crippen molar-refractivity contribution < 1.29 is 42.1 Å². The van der Waals surface area contributed by atoms with Crippen molar-refractivity contribution in [2.45, 2.75) is 61.8 Å². The van der Waals surface area contributed by atoms with E-state index in [4.69, 9.17) is 14.7 Å². The summed E-state index contributed by atoms with van der Waals surface area (Å²) < 4.78 is 51.4. The van der Waals surface area contributed by atoms with Gasteiger partial charge < -0.3 is 45.3 Å². The standard InChI is InChI=1S/C39H41F3N10O6/c1-57-38(56)48-28-18-29(32(31(28)53)58-35(54)39(40,41)42)52-22-46-30-33(44-20-27(23-10-4-2-5-11-23)24-12-6-3-7-13-24)49-36(50-34(30)52)51-17-15-26(21-51)47-37(55)45-19-25-14-8-9-16-43-25/h2-14,16,22,26-29,31-32,53H,15,17-21H2,1H3,(H,48,56)(H,44,49,50)(H2,45,47,55)/t26-,28+,29-,31-,32+/m1/s1. The van der Waals surface area contributed by atoms with Crippen LogP contribution in [0.2, 0.25) is 0 Å². The van der Waals surface area contributed by atoms with Gasteiger partial charge in [0, 0.05) is 37.8 Å². The number of carbonyl (C=O) groups is 3. The van der Waals surface area contributed by atoms with Crippen LogP contribution in [0.15, 0.2) is 91.4 Å². The third-order valence-corrected chi connectivity index (χ3v) is 10.2. The number of imidazole rings is 1. The van der Waals surface area contributed by atoms with E-state index in [1.807, 2.05) is 71.6 Å². The highest BCUT2D eigenvalue weighted by Gasteiger charge is 2.51. The number of benzene rings is 2. The maximum absolute atomic E-state index is 13.5. The number of ether oxygens (including phenoxy) is 2. The summed E-state index contributed by atoms with van der Waals surface area (Å²) in [5, 5.41) is 22.8. The Bertz CT molecular complexity index is 2160. The molecule has 5 atom stereocenters. The molecule has 2 aromatic carbocycles. The molecule has 16 nitrogen and oxygen atoms in total. The topological polar surface area (TPSA) is 198 Å². The Kier molecular flexibility index (Phi) is 11.9. The largest absolute Gasteiger partial charge is 0.490 e. The van der Waals surface area contributed by atoms with Gasteiger partial charge in [0.25, 0.3) is 0 Å². The van der Waals surface area contributed by atoms with Crippen LogP contribution in [-0.2, 0) is 20.8 Å². The predicted octanol–water partition coefficient (Wildman–Crippen LogP) is 4.05. The number of rotatable bonds is 12. The molecule has 2 fully saturated rings.